The van der Waals surface area contributed by atoms with E-state index in [-0.39, 0.29) is 13.2 Å². The van der Waals surface area contributed by atoms with Gasteiger partial charge in [-0.25, -0.2) is 0 Å². The number of hydrogen-bond donors (Lipinski definition) is 0. The second-order valence-corrected chi connectivity index (χ2v) is 10.7. The standard InChI is InChI=1S/C36H38O5/c1-4-19-37-21-23-39-30-15-17-32-34(25-30)41-35-26-31(40-24-22-38-20-5-2)16-18-33(35)36(32,3)29-13-11-28(12-14-29)27-9-7-6-8-10-27/h1-2,11-18,25-27H,6-10,19-24H2,3H3. The summed E-state index contributed by atoms with van der Waals surface area (Å²) in [6, 6.07) is 21.4. The van der Waals surface area contributed by atoms with Crippen LogP contribution < -0.4 is 14.2 Å². The topological polar surface area (TPSA) is 46.2 Å². The Morgan fingerprint density at radius 1 is 0.732 bits per heavy atom. The van der Waals surface area contributed by atoms with Crippen LogP contribution in [0.2, 0.25) is 0 Å². The third-order valence-electron chi connectivity index (χ3n) is 8.13. The van der Waals surface area contributed by atoms with Crippen LogP contribution in [0.15, 0.2) is 60.7 Å². The van der Waals surface area contributed by atoms with Crippen LogP contribution in [-0.2, 0) is 14.9 Å². The lowest BCUT2D eigenvalue weighted by molar-refractivity contribution is 0.124. The van der Waals surface area contributed by atoms with Gasteiger partial charge in [-0.1, -0.05) is 67.5 Å². The number of fused-ring (bicyclic) bond motifs is 2. The maximum absolute atomic E-state index is 6.51. The van der Waals surface area contributed by atoms with Crippen molar-refractivity contribution in [3.05, 3.63) is 82.9 Å². The fraction of sp³-hybridized carbons (Fsp3) is 0.389. The highest BCUT2D eigenvalue weighted by Gasteiger charge is 2.40. The Balaban J connectivity index is 1.45. The maximum Gasteiger partial charge on any atom is 0.135 e. The van der Waals surface area contributed by atoms with E-state index < -0.39 is 5.41 Å². The largest absolute Gasteiger partial charge is 0.491 e. The molecule has 1 saturated carbocycles. The fourth-order valence-electron chi connectivity index (χ4n) is 5.98. The van der Waals surface area contributed by atoms with E-state index in [1.165, 1.54) is 43.2 Å². The smallest absolute Gasteiger partial charge is 0.135 e. The molecule has 0 unspecified atom stereocenters. The zero-order valence-corrected chi connectivity index (χ0v) is 23.8. The van der Waals surface area contributed by atoms with Crippen LogP contribution in [0.3, 0.4) is 0 Å². The fourth-order valence-corrected chi connectivity index (χ4v) is 5.98. The van der Waals surface area contributed by atoms with Crippen molar-refractivity contribution in [1.29, 1.82) is 0 Å². The highest BCUT2D eigenvalue weighted by Crippen LogP contribution is 2.53. The van der Waals surface area contributed by atoms with Gasteiger partial charge in [-0.05, 0) is 48.9 Å². The van der Waals surface area contributed by atoms with Crippen molar-refractivity contribution in [2.45, 2.75) is 50.4 Å². The minimum absolute atomic E-state index is 0.270. The van der Waals surface area contributed by atoms with Gasteiger partial charge in [0.25, 0.3) is 0 Å². The molecule has 0 atom stereocenters. The predicted octanol–water partition coefficient (Wildman–Crippen LogP) is 7.25. The lowest BCUT2D eigenvalue weighted by atomic mass is 9.69. The van der Waals surface area contributed by atoms with Gasteiger partial charge in [-0.2, -0.15) is 0 Å². The Morgan fingerprint density at radius 3 is 1.78 bits per heavy atom. The summed E-state index contributed by atoms with van der Waals surface area (Å²) in [5.74, 6) is 8.53. The van der Waals surface area contributed by atoms with Crippen LogP contribution >= 0.6 is 0 Å². The molecule has 5 nitrogen and oxygen atoms in total. The van der Waals surface area contributed by atoms with Crippen molar-refractivity contribution in [1.82, 2.24) is 0 Å². The van der Waals surface area contributed by atoms with Crippen molar-refractivity contribution in [2.75, 3.05) is 39.6 Å². The molecule has 1 heterocycles. The van der Waals surface area contributed by atoms with Gasteiger partial charge >= 0.3 is 0 Å². The lowest BCUT2D eigenvalue weighted by Gasteiger charge is -2.38. The summed E-state index contributed by atoms with van der Waals surface area (Å²) in [6.45, 7) is 4.44. The molecule has 1 fully saturated rings. The third kappa shape index (κ3) is 6.54. The van der Waals surface area contributed by atoms with Gasteiger partial charge in [0.05, 0.1) is 13.2 Å². The van der Waals surface area contributed by atoms with E-state index in [0.717, 1.165) is 22.6 Å². The van der Waals surface area contributed by atoms with E-state index in [0.29, 0.717) is 43.8 Å². The predicted molar refractivity (Wildman–Crippen MR) is 161 cm³/mol. The van der Waals surface area contributed by atoms with Crippen LogP contribution in [0.5, 0.6) is 23.0 Å². The van der Waals surface area contributed by atoms with E-state index in [1.54, 1.807) is 0 Å². The average molecular weight is 551 g/mol. The van der Waals surface area contributed by atoms with E-state index in [1.807, 2.05) is 24.3 Å². The summed E-state index contributed by atoms with van der Waals surface area (Å²) in [5.41, 5.74) is 4.40. The second kappa shape index (κ2) is 13.6. The number of terminal acetylenes is 2. The Hall–Kier alpha value is -3.90. The van der Waals surface area contributed by atoms with E-state index in [2.05, 4.69) is 55.2 Å². The molecule has 0 spiro atoms. The summed E-state index contributed by atoms with van der Waals surface area (Å²) in [6.07, 6.45) is 17.1. The summed E-state index contributed by atoms with van der Waals surface area (Å²) < 4.78 is 29.1. The Labute approximate surface area is 244 Å². The van der Waals surface area contributed by atoms with Crippen molar-refractivity contribution in [3.63, 3.8) is 0 Å². The van der Waals surface area contributed by atoms with Gasteiger partial charge in [0, 0.05) is 28.7 Å². The van der Waals surface area contributed by atoms with E-state index >= 15 is 0 Å². The van der Waals surface area contributed by atoms with E-state index in [9.17, 15) is 0 Å². The van der Waals surface area contributed by atoms with Gasteiger partial charge in [0.2, 0.25) is 0 Å². The lowest BCUT2D eigenvalue weighted by Crippen LogP contribution is -2.29. The average Bonchev–Trinajstić information content (AvgIpc) is 3.01. The molecule has 5 heteroatoms. The molecule has 0 amide bonds. The molecule has 0 N–H and O–H groups in total. The number of benzene rings is 3. The number of ether oxygens (including phenoxy) is 5. The molecule has 0 bridgehead atoms. The van der Waals surface area contributed by atoms with Crippen LogP contribution in [0, 0.1) is 24.7 Å². The first-order valence-corrected chi connectivity index (χ1v) is 14.5. The van der Waals surface area contributed by atoms with Gasteiger partial charge in [0.1, 0.15) is 49.4 Å². The number of hydrogen-bond acceptors (Lipinski definition) is 5. The molecular formula is C36H38O5. The summed E-state index contributed by atoms with van der Waals surface area (Å²) >= 11 is 0. The maximum atomic E-state index is 6.51. The van der Waals surface area contributed by atoms with Crippen molar-refractivity contribution >= 4 is 0 Å². The Morgan fingerprint density at radius 2 is 1.27 bits per heavy atom. The van der Waals surface area contributed by atoms with Gasteiger partial charge in [-0.15, -0.1) is 12.8 Å². The minimum Gasteiger partial charge on any atom is -0.491 e. The first kappa shape index (κ1) is 28.6. The molecule has 0 radical (unpaired) electrons. The Bertz CT molecular complexity index is 1320. The monoisotopic (exact) mass is 550 g/mol. The SMILES string of the molecule is C#CCOCCOc1ccc2c(c1)Oc1cc(OCCOCC#C)ccc1C2(C)c1ccc(C2CCCCC2)cc1. The van der Waals surface area contributed by atoms with Crippen molar-refractivity contribution in [2.24, 2.45) is 0 Å². The van der Waals surface area contributed by atoms with Crippen LogP contribution in [0.4, 0.5) is 0 Å². The first-order chi connectivity index (χ1) is 20.1. The molecule has 0 aromatic heterocycles. The van der Waals surface area contributed by atoms with Gasteiger partial charge in [0.15, 0.2) is 0 Å². The molecule has 2 aliphatic rings. The molecular weight excluding hydrogens is 512 g/mol. The van der Waals surface area contributed by atoms with Gasteiger partial charge < -0.3 is 23.7 Å². The molecule has 41 heavy (non-hydrogen) atoms. The third-order valence-corrected chi connectivity index (χ3v) is 8.13. The quantitative estimate of drug-likeness (QED) is 0.176. The normalized spacial score (nSPS) is 15.5. The molecule has 212 valence electrons. The van der Waals surface area contributed by atoms with Crippen LogP contribution in [0.1, 0.15) is 67.2 Å². The summed E-state index contributed by atoms with van der Waals surface area (Å²) in [4.78, 5) is 0. The van der Waals surface area contributed by atoms with Crippen molar-refractivity contribution < 1.29 is 23.7 Å². The number of rotatable bonds is 12. The summed E-state index contributed by atoms with van der Waals surface area (Å²) in [5, 5.41) is 0. The molecule has 3 aromatic rings. The zero-order chi connectivity index (χ0) is 28.5. The molecule has 5 rings (SSSR count). The zero-order valence-electron chi connectivity index (χ0n) is 23.8. The molecule has 1 aliphatic carbocycles. The van der Waals surface area contributed by atoms with Gasteiger partial charge in [-0.3, -0.25) is 0 Å². The highest BCUT2D eigenvalue weighted by atomic mass is 16.5. The highest BCUT2D eigenvalue weighted by molar-refractivity contribution is 5.64. The Kier molecular flexibility index (Phi) is 9.52. The second-order valence-electron chi connectivity index (χ2n) is 10.7. The van der Waals surface area contributed by atoms with Crippen LogP contribution in [-0.4, -0.2) is 39.6 Å². The first-order valence-electron chi connectivity index (χ1n) is 14.5. The minimum atomic E-state index is -0.434. The van der Waals surface area contributed by atoms with Crippen LogP contribution in [0.25, 0.3) is 0 Å². The molecule has 0 saturated heterocycles. The van der Waals surface area contributed by atoms with E-state index in [4.69, 9.17) is 36.5 Å². The molecule has 3 aromatic carbocycles. The molecule has 1 aliphatic heterocycles. The summed E-state index contributed by atoms with van der Waals surface area (Å²) in [7, 11) is 0. The van der Waals surface area contributed by atoms with Crippen molar-refractivity contribution in [3.8, 4) is 47.7 Å².